The number of quaternary nitrogens is 1. The Kier molecular flexibility index (Phi) is 64.0. The summed E-state index contributed by atoms with van der Waals surface area (Å²) >= 11 is 0. The molecule has 0 saturated heterocycles. The lowest BCUT2D eigenvalue weighted by molar-refractivity contribution is -0.870. The summed E-state index contributed by atoms with van der Waals surface area (Å²) in [5.74, 6) is -1.97. The van der Waals surface area contributed by atoms with Crippen LogP contribution in [0.4, 0.5) is 0 Å². The fourth-order valence-corrected chi connectivity index (χ4v) is 11.1. The molecule has 0 fully saturated rings. The molecule has 1 N–H and O–H groups in total. The van der Waals surface area contributed by atoms with Crippen molar-refractivity contribution in [3.05, 3.63) is 24.3 Å². The van der Waals surface area contributed by atoms with Crippen LogP contribution in [0.15, 0.2) is 24.3 Å². The molecule has 0 aliphatic heterocycles. The molecule has 0 spiro atoms. The van der Waals surface area contributed by atoms with Crippen molar-refractivity contribution in [1.82, 2.24) is 0 Å². The van der Waals surface area contributed by atoms with Crippen molar-refractivity contribution < 1.29 is 42.9 Å². The summed E-state index contributed by atoms with van der Waals surface area (Å²) in [6.45, 7) is 4.95. The topological polar surface area (TPSA) is 108 Å². The molecule has 0 radical (unpaired) electrons. The van der Waals surface area contributed by atoms with Gasteiger partial charge < -0.3 is 28.5 Å². The van der Waals surface area contributed by atoms with Gasteiger partial charge in [0.1, 0.15) is 13.2 Å². The van der Waals surface area contributed by atoms with Crippen molar-refractivity contribution in [3.8, 4) is 0 Å². The first-order valence-electron chi connectivity index (χ1n) is 36.5. The maximum absolute atomic E-state index is 13.0. The number of carboxylic acid groups (broad SMARTS) is 1. The molecule has 0 amide bonds. The van der Waals surface area contributed by atoms with Crippen LogP contribution in [0.25, 0.3) is 0 Å². The zero-order valence-corrected chi connectivity index (χ0v) is 56.1. The minimum absolute atomic E-state index is 0.175. The number of likely N-dealkylation sites (N-methyl/N-ethyl adjacent to an activating group) is 1. The highest BCUT2D eigenvalue weighted by molar-refractivity contribution is 5.71. The number of carbonyl (C=O) groups is 3. The molecular formula is C74H142NO8+. The molecular weight excluding hydrogens is 1030 g/mol. The van der Waals surface area contributed by atoms with E-state index in [1.54, 1.807) is 0 Å². The first kappa shape index (κ1) is 80.8. The van der Waals surface area contributed by atoms with E-state index in [2.05, 4.69) is 38.2 Å². The summed E-state index contributed by atoms with van der Waals surface area (Å²) in [4.78, 5) is 37.6. The quantitative estimate of drug-likeness (QED) is 0.0211. The molecule has 490 valence electrons. The zero-order valence-electron chi connectivity index (χ0n) is 56.1. The summed E-state index contributed by atoms with van der Waals surface area (Å²) in [6.07, 6.45) is 78.8. The monoisotopic (exact) mass is 1170 g/mol. The fraction of sp³-hybridized carbons (Fsp3) is 0.905. The lowest BCUT2D eigenvalue weighted by Crippen LogP contribution is -2.40. The number of esters is 2. The van der Waals surface area contributed by atoms with E-state index >= 15 is 0 Å². The third-order valence-corrected chi connectivity index (χ3v) is 16.7. The molecule has 0 aromatic heterocycles. The second kappa shape index (κ2) is 65.7. The molecule has 0 aliphatic rings. The van der Waals surface area contributed by atoms with Crippen molar-refractivity contribution in [2.24, 2.45) is 0 Å². The Morgan fingerprint density at radius 2 is 0.614 bits per heavy atom. The number of aliphatic carboxylic acids is 1. The second-order valence-corrected chi connectivity index (χ2v) is 26.3. The summed E-state index contributed by atoms with van der Waals surface area (Å²) in [5.41, 5.74) is 0. The van der Waals surface area contributed by atoms with Crippen LogP contribution in [0.2, 0.25) is 0 Å². The predicted molar refractivity (Wildman–Crippen MR) is 355 cm³/mol. The first-order valence-corrected chi connectivity index (χ1v) is 36.5. The number of nitrogens with zero attached hydrogens (tertiary/aromatic N) is 1. The van der Waals surface area contributed by atoms with Gasteiger partial charge >= 0.3 is 17.9 Å². The highest BCUT2D eigenvalue weighted by Gasteiger charge is 2.25. The number of unbranched alkanes of at least 4 members (excludes halogenated alkanes) is 50. The Morgan fingerprint density at radius 1 is 0.349 bits per heavy atom. The SMILES string of the molecule is CCCCCCCCCC/C=C\CCCCCCCCCCCCCCCCCCCCCC(=O)OC(COC(=O)CCCCCCCCCCCCCCCCC/C=C\CCCCCCCCCC)COC(OCC[N+](C)(C)C)C(=O)O. The van der Waals surface area contributed by atoms with Crippen LogP contribution in [-0.2, 0) is 33.3 Å². The van der Waals surface area contributed by atoms with Gasteiger partial charge in [-0.3, -0.25) is 9.59 Å². The normalized spacial score (nSPS) is 12.7. The lowest BCUT2D eigenvalue weighted by Gasteiger charge is -2.25. The molecule has 0 heterocycles. The minimum Gasteiger partial charge on any atom is -0.477 e. The van der Waals surface area contributed by atoms with Gasteiger partial charge in [0.25, 0.3) is 6.29 Å². The Morgan fingerprint density at radius 3 is 0.892 bits per heavy atom. The second-order valence-electron chi connectivity index (χ2n) is 26.3. The minimum atomic E-state index is -1.51. The summed E-state index contributed by atoms with van der Waals surface area (Å²) < 4.78 is 23.0. The van der Waals surface area contributed by atoms with Crippen LogP contribution in [0.3, 0.4) is 0 Å². The van der Waals surface area contributed by atoms with E-state index < -0.39 is 18.4 Å². The average Bonchev–Trinajstić information content (AvgIpc) is 3.46. The number of hydrogen-bond donors (Lipinski definition) is 1. The summed E-state index contributed by atoms with van der Waals surface area (Å²) in [7, 11) is 5.99. The maximum Gasteiger partial charge on any atom is 0.361 e. The summed E-state index contributed by atoms with van der Waals surface area (Å²) in [5, 5.41) is 9.75. The van der Waals surface area contributed by atoms with Crippen LogP contribution in [0.1, 0.15) is 373 Å². The predicted octanol–water partition coefficient (Wildman–Crippen LogP) is 22.6. The van der Waals surface area contributed by atoms with Gasteiger partial charge in [-0.25, -0.2) is 4.79 Å². The van der Waals surface area contributed by atoms with Crippen LogP contribution in [-0.4, -0.2) is 87.4 Å². The smallest absolute Gasteiger partial charge is 0.361 e. The van der Waals surface area contributed by atoms with Crippen LogP contribution in [0.5, 0.6) is 0 Å². The number of allylic oxidation sites excluding steroid dienone is 4. The zero-order chi connectivity index (χ0) is 60.5. The van der Waals surface area contributed by atoms with Crippen molar-refractivity contribution in [1.29, 1.82) is 0 Å². The molecule has 0 bridgehead atoms. The molecule has 0 saturated carbocycles. The molecule has 0 rings (SSSR count). The van der Waals surface area contributed by atoms with Gasteiger partial charge in [-0.15, -0.1) is 0 Å². The number of carboxylic acids is 1. The summed E-state index contributed by atoms with van der Waals surface area (Å²) in [6, 6.07) is 0. The number of ether oxygens (including phenoxy) is 4. The Balaban J connectivity index is 4.04. The van der Waals surface area contributed by atoms with Gasteiger partial charge in [-0.1, -0.05) is 321 Å². The largest absolute Gasteiger partial charge is 0.477 e. The van der Waals surface area contributed by atoms with Gasteiger partial charge in [-0.2, -0.15) is 0 Å². The van der Waals surface area contributed by atoms with E-state index in [0.717, 1.165) is 38.5 Å². The van der Waals surface area contributed by atoms with E-state index in [1.165, 1.54) is 308 Å². The first-order chi connectivity index (χ1) is 40.6. The molecule has 0 aromatic rings. The highest BCUT2D eigenvalue weighted by Crippen LogP contribution is 2.19. The van der Waals surface area contributed by atoms with E-state index in [0.29, 0.717) is 17.4 Å². The molecule has 0 aliphatic carbocycles. The van der Waals surface area contributed by atoms with Crippen molar-refractivity contribution in [2.45, 2.75) is 386 Å². The van der Waals surface area contributed by atoms with Crippen molar-refractivity contribution in [2.75, 3.05) is 47.5 Å². The van der Waals surface area contributed by atoms with E-state index in [1.807, 2.05) is 21.1 Å². The molecule has 0 aromatic carbocycles. The van der Waals surface area contributed by atoms with Gasteiger partial charge in [0.2, 0.25) is 0 Å². The van der Waals surface area contributed by atoms with Gasteiger partial charge in [0.15, 0.2) is 6.10 Å². The Labute approximate surface area is 516 Å². The number of rotatable bonds is 69. The highest BCUT2D eigenvalue weighted by atomic mass is 16.7. The molecule has 9 heteroatoms. The van der Waals surface area contributed by atoms with Gasteiger partial charge in [-0.05, 0) is 64.2 Å². The number of hydrogen-bond acceptors (Lipinski definition) is 7. The van der Waals surface area contributed by atoms with Crippen LogP contribution >= 0.6 is 0 Å². The Hall–Kier alpha value is -2.23. The fourth-order valence-electron chi connectivity index (χ4n) is 11.1. The van der Waals surface area contributed by atoms with Gasteiger partial charge in [0.05, 0.1) is 34.4 Å². The third kappa shape index (κ3) is 67.1. The number of carbonyl (C=O) groups excluding carboxylic acids is 2. The van der Waals surface area contributed by atoms with Crippen LogP contribution < -0.4 is 0 Å². The Bertz CT molecular complexity index is 1410. The molecule has 2 unspecified atom stereocenters. The standard InChI is InChI=1S/C74H141NO8/c1-6-8-10-12-14-16-18-20-22-24-26-28-30-32-34-35-36-37-39-41-43-45-47-49-51-53-55-57-59-61-63-65-72(77)83-70(69-82-74(73(78)79)80-67-66-75(3,4)5)68-81-71(76)64-62-60-58-56-54-52-50-48-46-44-42-40-38-33-31-29-27-25-23-21-19-17-15-13-11-9-7-2/h24-27,70,74H,6-23,28-69H2,1-5H3/p+1/b26-24-,27-25-. The van der Waals surface area contributed by atoms with Crippen molar-refractivity contribution >= 4 is 17.9 Å². The van der Waals surface area contributed by atoms with Crippen LogP contribution in [0, 0.1) is 0 Å². The third-order valence-electron chi connectivity index (χ3n) is 16.7. The van der Waals surface area contributed by atoms with Crippen molar-refractivity contribution in [3.63, 3.8) is 0 Å². The molecule has 9 nitrogen and oxygen atoms in total. The van der Waals surface area contributed by atoms with E-state index in [-0.39, 0.29) is 38.2 Å². The average molecular weight is 1170 g/mol. The molecule has 2 atom stereocenters. The lowest BCUT2D eigenvalue weighted by atomic mass is 10.0. The van der Waals surface area contributed by atoms with Gasteiger partial charge in [0, 0.05) is 12.8 Å². The maximum atomic E-state index is 13.0. The molecule has 83 heavy (non-hydrogen) atoms. The van der Waals surface area contributed by atoms with E-state index in [4.69, 9.17) is 18.9 Å². The van der Waals surface area contributed by atoms with E-state index in [9.17, 15) is 19.5 Å².